The van der Waals surface area contributed by atoms with E-state index in [1.807, 2.05) is 55.5 Å². The molecule has 106 valence electrons. The van der Waals surface area contributed by atoms with Gasteiger partial charge in [-0.15, -0.1) is 0 Å². The minimum atomic E-state index is 0.689. The number of imidazole rings is 1. The van der Waals surface area contributed by atoms with Crippen molar-refractivity contribution >= 4 is 23.2 Å². The molecule has 0 radical (unpaired) electrons. The fraction of sp³-hybridized carbons (Fsp3) is 0.118. The quantitative estimate of drug-likeness (QED) is 0.699. The van der Waals surface area contributed by atoms with Crippen molar-refractivity contribution in [2.45, 2.75) is 13.3 Å². The van der Waals surface area contributed by atoms with Crippen LogP contribution in [0.3, 0.4) is 0 Å². The number of halogens is 2. The van der Waals surface area contributed by atoms with Gasteiger partial charge in [-0.25, -0.2) is 4.98 Å². The standard InChI is InChI=1S/C17H14Cl2N2/c1-11-17(12-6-8-14(18)9-7-12)21-16(20-11)10-13-4-2-3-5-15(13)19/h2-9H,10H2,1H3,(H,20,21). The first-order valence-corrected chi connectivity index (χ1v) is 7.44. The van der Waals surface area contributed by atoms with E-state index < -0.39 is 0 Å². The average molecular weight is 317 g/mol. The second kappa shape index (κ2) is 5.92. The highest BCUT2D eigenvalue weighted by atomic mass is 35.5. The van der Waals surface area contributed by atoms with Crippen LogP contribution in [0.5, 0.6) is 0 Å². The third kappa shape index (κ3) is 3.12. The molecule has 1 heterocycles. The summed E-state index contributed by atoms with van der Waals surface area (Å²) in [5.41, 5.74) is 4.11. The smallest absolute Gasteiger partial charge is 0.111 e. The first-order valence-electron chi connectivity index (χ1n) is 6.68. The molecule has 1 aromatic heterocycles. The summed E-state index contributed by atoms with van der Waals surface area (Å²) in [6.45, 7) is 2.02. The molecule has 3 rings (SSSR count). The van der Waals surface area contributed by atoms with Gasteiger partial charge in [-0.1, -0.05) is 53.5 Å². The van der Waals surface area contributed by atoms with Crippen LogP contribution in [-0.4, -0.2) is 9.97 Å². The Labute approximate surface area is 133 Å². The highest BCUT2D eigenvalue weighted by molar-refractivity contribution is 6.31. The van der Waals surface area contributed by atoms with Crippen LogP contribution in [0.4, 0.5) is 0 Å². The molecule has 0 aliphatic carbocycles. The lowest BCUT2D eigenvalue weighted by molar-refractivity contribution is 1.02. The van der Waals surface area contributed by atoms with Gasteiger partial charge in [0.05, 0.1) is 5.69 Å². The van der Waals surface area contributed by atoms with Crippen LogP contribution in [0.15, 0.2) is 48.5 Å². The summed E-state index contributed by atoms with van der Waals surface area (Å²) in [5.74, 6) is 0.908. The van der Waals surface area contributed by atoms with Crippen molar-refractivity contribution in [2.75, 3.05) is 0 Å². The summed E-state index contributed by atoms with van der Waals surface area (Å²) >= 11 is 12.1. The molecule has 0 amide bonds. The molecule has 0 fully saturated rings. The molecule has 21 heavy (non-hydrogen) atoms. The summed E-state index contributed by atoms with van der Waals surface area (Å²) in [5, 5.41) is 1.49. The zero-order valence-corrected chi connectivity index (χ0v) is 13.0. The Hall–Kier alpha value is -1.77. The number of nitrogens with one attached hydrogen (secondary N) is 1. The van der Waals surface area contributed by atoms with E-state index >= 15 is 0 Å². The number of benzene rings is 2. The normalized spacial score (nSPS) is 10.8. The maximum Gasteiger partial charge on any atom is 0.111 e. The molecular formula is C17H14Cl2N2. The number of aromatic nitrogens is 2. The van der Waals surface area contributed by atoms with E-state index in [-0.39, 0.29) is 0 Å². The predicted octanol–water partition coefficient (Wildman–Crippen LogP) is 5.28. The minimum absolute atomic E-state index is 0.689. The van der Waals surface area contributed by atoms with Gasteiger partial charge in [-0.2, -0.15) is 0 Å². The SMILES string of the molecule is Cc1[nH]c(Cc2ccccc2Cl)nc1-c1ccc(Cl)cc1. The van der Waals surface area contributed by atoms with Gasteiger partial charge in [0.2, 0.25) is 0 Å². The summed E-state index contributed by atoms with van der Waals surface area (Å²) in [7, 11) is 0. The van der Waals surface area contributed by atoms with Crippen molar-refractivity contribution in [2.24, 2.45) is 0 Å². The molecule has 0 saturated carbocycles. The molecule has 1 N–H and O–H groups in total. The average Bonchev–Trinajstić information content (AvgIpc) is 2.83. The fourth-order valence-electron chi connectivity index (χ4n) is 2.32. The van der Waals surface area contributed by atoms with E-state index in [2.05, 4.69) is 9.97 Å². The Morgan fingerprint density at radius 1 is 1.00 bits per heavy atom. The Kier molecular flexibility index (Phi) is 4.00. The molecule has 0 bridgehead atoms. The molecule has 0 unspecified atom stereocenters. The van der Waals surface area contributed by atoms with Gasteiger partial charge >= 0.3 is 0 Å². The van der Waals surface area contributed by atoms with Crippen molar-refractivity contribution in [1.82, 2.24) is 9.97 Å². The van der Waals surface area contributed by atoms with Gasteiger partial charge in [0.15, 0.2) is 0 Å². The van der Waals surface area contributed by atoms with Crippen LogP contribution < -0.4 is 0 Å². The third-order valence-electron chi connectivity index (χ3n) is 3.37. The number of nitrogens with zero attached hydrogens (tertiary/aromatic N) is 1. The summed E-state index contributed by atoms with van der Waals surface area (Å²) in [4.78, 5) is 8.02. The predicted molar refractivity (Wildman–Crippen MR) is 88.0 cm³/mol. The van der Waals surface area contributed by atoms with Gasteiger partial charge in [-0.3, -0.25) is 0 Å². The van der Waals surface area contributed by atoms with Crippen molar-refractivity contribution in [3.05, 3.63) is 75.7 Å². The number of H-pyrrole nitrogens is 1. The van der Waals surface area contributed by atoms with Gasteiger partial charge in [0.1, 0.15) is 5.82 Å². The topological polar surface area (TPSA) is 28.7 Å². The number of hydrogen-bond acceptors (Lipinski definition) is 1. The fourth-order valence-corrected chi connectivity index (χ4v) is 2.65. The number of aryl methyl sites for hydroxylation is 1. The molecular weight excluding hydrogens is 303 g/mol. The van der Waals surface area contributed by atoms with E-state index in [4.69, 9.17) is 23.2 Å². The van der Waals surface area contributed by atoms with Gasteiger partial charge in [0, 0.05) is 27.7 Å². The van der Waals surface area contributed by atoms with Crippen molar-refractivity contribution < 1.29 is 0 Å². The Morgan fingerprint density at radius 3 is 2.43 bits per heavy atom. The van der Waals surface area contributed by atoms with Gasteiger partial charge in [-0.05, 0) is 30.7 Å². The second-order valence-electron chi connectivity index (χ2n) is 4.93. The molecule has 2 aromatic carbocycles. The van der Waals surface area contributed by atoms with E-state index in [1.165, 1.54) is 0 Å². The van der Waals surface area contributed by atoms with Crippen LogP contribution in [0.2, 0.25) is 10.0 Å². The Morgan fingerprint density at radius 2 is 1.71 bits per heavy atom. The van der Waals surface area contributed by atoms with Crippen LogP contribution in [0, 0.1) is 6.92 Å². The highest BCUT2D eigenvalue weighted by Crippen LogP contribution is 2.25. The van der Waals surface area contributed by atoms with Crippen LogP contribution in [0.25, 0.3) is 11.3 Å². The number of rotatable bonds is 3. The van der Waals surface area contributed by atoms with Gasteiger partial charge in [0.25, 0.3) is 0 Å². The van der Waals surface area contributed by atoms with Crippen LogP contribution >= 0.6 is 23.2 Å². The molecule has 0 aliphatic heterocycles. The Balaban J connectivity index is 1.91. The molecule has 0 aliphatic rings. The monoisotopic (exact) mass is 316 g/mol. The minimum Gasteiger partial charge on any atom is -0.345 e. The van der Waals surface area contributed by atoms with E-state index in [0.29, 0.717) is 6.42 Å². The second-order valence-corrected chi connectivity index (χ2v) is 5.78. The van der Waals surface area contributed by atoms with Gasteiger partial charge < -0.3 is 4.98 Å². The van der Waals surface area contributed by atoms with E-state index in [0.717, 1.165) is 38.4 Å². The lowest BCUT2D eigenvalue weighted by atomic mass is 10.1. The lowest BCUT2D eigenvalue weighted by Gasteiger charge is -2.00. The number of hydrogen-bond donors (Lipinski definition) is 1. The first-order chi connectivity index (χ1) is 10.1. The first kappa shape index (κ1) is 14.2. The third-order valence-corrected chi connectivity index (χ3v) is 3.99. The summed E-state index contributed by atoms with van der Waals surface area (Å²) < 4.78 is 0. The lowest BCUT2D eigenvalue weighted by Crippen LogP contribution is -1.91. The van der Waals surface area contributed by atoms with Crippen molar-refractivity contribution in [1.29, 1.82) is 0 Å². The molecule has 3 aromatic rings. The largest absolute Gasteiger partial charge is 0.345 e. The molecule has 0 spiro atoms. The number of aromatic amines is 1. The van der Waals surface area contributed by atoms with Crippen LogP contribution in [0.1, 0.15) is 17.1 Å². The molecule has 2 nitrogen and oxygen atoms in total. The van der Waals surface area contributed by atoms with E-state index in [1.54, 1.807) is 0 Å². The zero-order chi connectivity index (χ0) is 14.8. The Bertz CT molecular complexity index is 761. The summed E-state index contributed by atoms with van der Waals surface area (Å²) in [6, 6.07) is 15.5. The zero-order valence-electron chi connectivity index (χ0n) is 11.5. The summed E-state index contributed by atoms with van der Waals surface area (Å²) in [6.07, 6.45) is 0.689. The molecule has 0 atom stereocenters. The van der Waals surface area contributed by atoms with E-state index in [9.17, 15) is 0 Å². The molecule has 4 heteroatoms. The van der Waals surface area contributed by atoms with Crippen LogP contribution in [-0.2, 0) is 6.42 Å². The molecule has 0 saturated heterocycles. The van der Waals surface area contributed by atoms with Crippen molar-refractivity contribution in [3.8, 4) is 11.3 Å². The maximum absolute atomic E-state index is 6.20. The highest BCUT2D eigenvalue weighted by Gasteiger charge is 2.10. The van der Waals surface area contributed by atoms with Crippen molar-refractivity contribution in [3.63, 3.8) is 0 Å². The maximum atomic E-state index is 6.20.